The molecule has 5 nitrogen and oxygen atoms in total. The van der Waals surface area contributed by atoms with E-state index in [0.717, 1.165) is 25.7 Å². The number of nitrogens with zero attached hydrogens (tertiary/aromatic N) is 2. The number of methoxy groups -OCH3 is 1. The second-order valence-corrected chi connectivity index (χ2v) is 4.23. The van der Waals surface area contributed by atoms with E-state index >= 15 is 0 Å². The molecule has 2 rings (SSSR count). The molecule has 1 aliphatic carbocycles. The Morgan fingerprint density at radius 1 is 1.56 bits per heavy atom. The average Bonchev–Trinajstić information content (AvgIpc) is 2.89. The highest BCUT2D eigenvalue weighted by atomic mass is 16.5. The Balaban J connectivity index is 2.12. The van der Waals surface area contributed by atoms with E-state index in [9.17, 15) is 5.11 Å². The van der Waals surface area contributed by atoms with Crippen molar-refractivity contribution >= 4 is 0 Å². The molecular weight excluding hydrogens is 208 g/mol. The summed E-state index contributed by atoms with van der Waals surface area (Å²) in [5.41, 5.74) is 0. The second kappa shape index (κ2) is 4.93. The highest BCUT2D eigenvalue weighted by Crippen LogP contribution is 2.34. The third-order valence-corrected chi connectivity index (χ3v) is 3.20. The maximum atomic E-state index is 9.75. The maximum absolute atomic E-state index is 9.75. The Morgan fingerprint density at radius 2 is 2.38 bits per heavy atom. The van der Waals surface area contributed by atoms with Crippen LogP contribution in [-0.4, -0.2) is 28.5 Å². The minimum absolute atomic E-state index is 0.00983. The van der Waals surface area contributed by atoms with Crippen LogP contribution >= 0.6 is 0 Å². The zero-order valence-corrected chi connectivity index (χ0v) is 9.72. The van der Waals surface area contributed by atoms with Gasteiger partial charge in [0.05, 0.1) is 12.0 Å². The number of aliphatic hydroxyl groups excluding tert-OH is 1. The average molecular weight is 226 g/mol. The molecule has 0 saturated heterocycles. The van der Waals surface area contributed by atoms with Gasteiger partial charge in [0, 0.05) is 7.11 Å². The summed E-state index contributed by atoms with van der Waals surface area (Å²) in [6.07, 6.45) is 3.12. The zero-order chi connectivity index (χ0) is 11.5. The van der Waals surface area contributed by atoms with Crippen LogP contribution in [0.5, 0.6) is 0 Å². The molecule has 1 fully saturated rings. The Hall–Kier alpha value is -0.940. The molecule has 0 aliphatic heterocycles. The van der Waals surface area contributed by atoms with Crippen molar-refractivity contribution < 1.29 is 14.4 Å². The Labute approximate surface area is 94.8 Å². The van der Waals surface area contributed by atoms with Gasteiger partial charge in [-0.25, -0.2) is 0 Å². The van der Waals surface area contributed by atoms with Crippen LogP contribution in [0, 0.1) is 0 Å². The van der Waals surface area contributed by atoms with Crippen LogP contribution in [-0.2, 0) is 4.74 Å². The van der Waals surface area contributed by atoms with Gasteiger partial charge in [0.25, 0.3) is 0 Å². The van der Waals surface area contributed by atoms with Crippen molar-refractivity contribution in [3.05, 3.63) is 11.7 Å². The summed E-state index contributed by atoms with van der Waals surface area (Å²) in [5.74, 6) is 1.14. The minimum atomic E-state index is -0.337. The first-order valence-corrected chi connectivity index (χ1v) is 5.80. The van der Waals surface area contributed by atoms with Gasteiger partial charge >= 0.3 is 0 Å². The summed E-state index contributed by atoms with van der Waals surface area (Å²) in [4.78, 5) is 4.32. The predicted octanol–water partition coefficient (Wildman–Crippen LogP) is 1.80. The highest BCUT2D eigenvalue weighted by Gasteiger charge is 2.32. The SMILES string of the molecule is CCC(OC)c1noc(C2CCCC2O)n1. The molecule has 0 aromatic carbocycles. The van der Waals surface area contributed by atoms with E-state index in [1.54, 1.807) is 7.11 Å². The van der Waals surface area contributed by atoms with Crippen molar-refractivity contribution in [2.45, 2.75) is 50.7 Å². The Bertz CT molecular complexity index is 336. The maximum Gasteiger partial charge on any atom is 0.232 e. The monoisotopic (exact) mass is 226 g/mol. The smallest absolute Gasteiger partial charge is 0.232 e. The lowest BCUT2D eigenvalue weighted by atomic mass is 10.1. The van der Waals surface area contributed by atoms with Gasteiger partial charge in [-0.2, -0.15) is 4.98 Å². The first-order valence-electron chi connectivity index (χ1n) is 5.80. The van der Waals surface area contributed by atoms with Gasteiger partial charge < -0.3 is 14.4 Å². The molecule has 90 valence electrons. The number of aromatic nitrogens is 2. The number of rotatable bonds is 4. The van der Waals surface area contributed by atoms with E-state index in [4.69, 9.17) is 9.26 Å². The molecule has 16 heavy (non-hydrogen) atoms. The summed E-state index contributed by atoms with van der Waals surface area (Å²) >= 11 is 0. The number of ether oxygens (including phenoxy) is 1. The summed E-state index contributed by atoms with van der Waals surface area (Å²) in [6, 6.07) is 0. The van der Waals surface area contributed by atoms with Gasteiger partial charge in [0.1, 0.15) is 6.10 Å². The van der Waals surface area contributed by atoms with Crippen LogP contribution in [0.1, 0.15) is 56.3 Å². The van der Waals surface area contributed by atoms with E-state index in [0.29, 0.717) is 11.7 Å². The van der Waals surface area contributed by atoms with Crippen LogP contribution in [0.25, 0.3) is 0 Å². The lowest BCUT2D eigenvalue weighted by molar-refractivity contribution is 0.0903. The van der Waals surface area contributed by atoms with Crippen molar-refractivity contribution in [3.63, 3.8) is 0 Å². The van der Waals surface area contributed by atoms with E-state index < -0.39 is 0 Å². The van der Waals surface area contributed by atoms with Crippen LogP contribution in [0.2, 0.25) is 0 Å². The summed E-state index contributed by atoms with van der Waals surface area (Å²) < 4.78 is 10.4. The lowest BCUT2D eigenvalue weighted by Gasteiger charge is -2.08. The van der Waals surface area contributed by atoms with E-state index in [1.165, 1.54) is 0 Å². The molecule has 0 amide bonds. The first kappa shape index (κ1) is 11.5. The largest absolute Gasteiger partial charge is 0.392 e. The van der Waals surface area contributed by atoms with Crippen LogP contribution in [0.15, 0.2) is 4.52 Å². The molecule has 1 heterocycles. The van der Waals surface area contributed by atoms with Gasteiger partial charge in [-0.05, 0) is 25.7 Å². The van der Waals surface area contributed by atoms with E-state index in [-0.39, 0.29) is 18.1 Å². The highest BCUT2D eigenvalue weighted by molar-refractivity contribution is 5.01. The fourth-order valence-electron chi connectivity index (χ4n) is 2.21. The number of aliphatic hydroxyl groups is 1. The van der Waals surface area contributed by atoms with Crippen LogP contribution in [0.4, 0.5) is 0 Å². The topological polar surface area (TPSA) is 68.4 Å². The van der Waals surface area contributed by atoms with Crippen LogP contribution < -0.4 is 0 Å². The Kier molecular flexibility index (Phi) is 3.56. The molecule has 0 spiro atoms. The molecule has 1 aromatic heterocycles. The van der Waals surface area contributed by atoms with E-state index in [1.807, 2.05) is 6.92 Å². The molecule has 0 bridgehead atoms. The first-order chi connectivity index (χ1) is 7.76. The van der Waals surface area contributed by atoms with Gasteiger partial charge in [-0.1, -0.05) is 12.1 Å². The van der Waals surface area contributed by atoms with Crippen LogP contribution in [0.3, 0.4) is 0 Å². The molecule has 0 radical (unpaired) electrons. The molecular formula is C11H18N2O3. The lowest BCUT2D eigenvalue weighted by Crippen LogP contribution is -2.11. The van der Waals surface area contributed by atoms with Crippen molar-refractivity contribution in [3.8, 4) is 0 Å². The number of hydrogen-bond acceptors (Lipinski definition) is 5. The Morgan fingerprint density at radius 3 is 2.94 bits per heavy atom. The quantitative estimate of drug-likeness (QED) is 0.847. The molecule has 1 N–H and O–H groups in total. The molecule has 1 aliphatic rings. The molecule has 5 heteroatoms. The fraction of sp³-hybridized carbons (Fsp3) is 0.818. The zero-order valence-electron chi connectivity index (χ0n) is 9.72. The van der Waals surface area contributed by atoms with Gasteiger partial charge in [0.2, 0.25) is 11.7 Å². The van der Waals surface area contributed by atoms with Gasteiger partial charge in [-0.15, -0.1) is 0 Å². The normalized spacial score (nSPS) is 27.2. The number of hydrogen-bond donors (Lipinski definition) is 1. The van der Waals surface area contributed by atoms with E-state index in [2.05, 4.69) is 10.1 Å². The fourth-order valence-corrected chi connectivity index (χ4v) is 2.21. The minimum Gasteiger partial charge on any atom is -0.392 e. The molecule has 3 unspecified atom stereocenters. The predicted molar refractivity (Wildman–Crippen MR) is 56.9 cm³/mol. The summed E-state index contributed by atoms with van der Waals surface area (Å²) in [7, 11) is 1.63. The molecule has 1 aromatic rings. The van der Waals surface area contributed by atoms with Crippen molar-refractivity contribution in [1.82, 2.24) is 10.1 Å². The molecule has 3 atom stereocenters. The summed E-state index contributed by atoms with van der Waals surface area (Å²) in [6.45, 7) is 2.01. The van der Waals surface area contributed by atoms with Crippen molar-refractivity contribution in [2.24, 2.45) is 0 Å². The van der Waals surface area contributed by atoms with Gasteiger partial charge in [0.15, 0.2) is 0 Å². The second-order valence-electron chi connectivity index (χ2n) is 4.23. The third-order valence-electron chi connectivity index (χ3n) is 3.20. The molecule has 1 saturated carbocycles. The third kappa shape index (κ3) is 2.10. The summed E-state index contributed by atoms with van der Waals surface area (Å²) in [5, 5.41) is 13.7. The van der Waals surface area contributed by atoms with Crippen molar-refractivity contribution in [1.29, 1.82) is 0 Å². The van der Waals surface area contributed by atoms with Gasteiger partial charge in [-0.3, -0.25) is 0 Å². The standard InChI is InChI=1S/C11H18N2O3/c1-3-9(15-2)10-12-11(16-13-10)7-5-4-6-8(7)14/h7-9,14H,3-6H2,1-2H3. The van der Waals surface area contributed by atoms with Crippen molar-refractivity contribution in [2.75, 3.05) is 7.11 Å².